The minimum Gasteiger partial charge on any atom is -0.475 e. The molecule has 0 saturated carbocycles. The number of nitrogens with one attached hydrogen (secondary N) is 1. The van der Waals surface area contributed by atoms with E-state index < -0.39 is 22.4 Å². The van der Waals surface area contributed by atoms with Gasteiger partial charge in [-0.15, -0.1) is 0 Å². The van der Waals surface area contributed by atoms with Crippen molar-refractivity contribution in [3.05, 3.63) is 69.4 Å². The predicted octanol–water partition coefficient (Wildman–Crippen LogP) is 1.57. The summed E-state index contributed by atoms with van der Waals surface area (Å²) in [5.74, 6) is -1.75. The lowest BCUT2D eigenvalue weighted by Crippen LogP contribution is -2.20. The lowest BCUT2D eigenvalue weighted by Gasteiger charge is -2.12. The number of rotatable bonds is 11. The van der Waals surface area contributed by atoms with Gasteiger partial charge in [-0.05, 0) is 18.6 Å². The zero-order valence-electron chi connectivity index (χ0n) is 18.6. The van der Waals surface area contributed by atoms with Crippen LogP contribution in [0.4, 0.5) is 11.4 Å². The first kappa shape index (κ1) is 24.3. The first-order valence-electron chi connectivity index (χ1n) is 10.2. The molecule has 0 spiro atoms. The van der Waals surface area contributed by atoms with Crippen LogP contribution in [-0.2, 0) is 17.7 Å². The van der Waals surface area contributed by atoms with Crippen molar-refractivity contribution in [2.24, 2.45) is 5.73 Å². The molecule has 13 nitrogen and oxygen atoms in total. The van der Waals surface area contributed by atoms with E-state index in [1.807, 2.05) is 13.0 Å². The maximum Gasteiger partial charge on any atom is 0.288 e. The highest BCUT2D eigenvalue weighted by molar-refractivity contribution is 6.09. The molecule has 3 rings (SSSR count). The summed E-state index contributed by atoms with van der Waals surface area (Å²) in [5.41, 5.74) is 6.07. The molecule has 0 saturated heterocycles. The summed E-state index contributed by atoms with van der Waals surface area (Å²) in [4.78, 5) is 43.9. The summed E-state index contributed by atoms with van der Waals surface area (Å²) < 4.78 is 11.9. The van der Waals surface area contributed by atoms with Crippen LogP contribution in [-0.4, -0.2) is 56.8 Å². The normalized spacial score (nSPS) is 10.6. The molecule has 2 amide bonds. The van der Waals surface area contributed by atoms with E-state index in [4.69, 9.17) is 15.2 Å². The van der Waals surface area contributed by atoms with E-state index in [2.05, 4.69) is 20.4 Å². The van der Waals surface area contributed by atoms with E-state index in [-0.39, 0.29) is 42.6 Å². The van der Waals surface area contributed by atoms with Crippen molar-refractivity contribution in [1.82, 2.24) is 19.7 Å². The number of nitrogens with zero attached hydrogens (tertiary/aromatic N) is 5. The van der Waals surface area contributed by atoms with Crippen molar-refractivity contribution in [2.45, 2.75) is 19.9 Å². The second kappa shape index (κ2) is 11.0. The minimum atomic E-state index is -0.849. The van der Waals surface area contributed by atoms with Gasteiger partial charge in [0.2, 0.25) is 5.88 Å². The van der Waals surface area contributed by atoms with E-state index in [0.29, 0.717) is 17.8 Å². The number of anilines is 1. The number of hydrogen-bond donors (Lipinski definition) is 2. The third-order valence-corrected chi connectivity index (χ3v) is 4.72. The molecule has 0 radical (unpaired) electrons. The van der Waals surface area contributed by atoms with Gasteiger partial charge in [0, 0.05) is 19.4 Å². The molecule has 0 aromatic carbocycles. The van der Waals surface area contributed by atoms with E-state index in [1.54, 1.807) is 18.3 Å². The Morgan fingerprint density at radius 3 is 2.68 bits per heavy atom. The maximum absolute atomic E-state index is 13.2. The lowest BCUT2D eigenvalue weighted by molar-refractivity contribution is -0.385. The van der Waals surface area contributed by atoms with Crippen molar-refractivity contribution in [3.8, 4) is 5.88 Å². The first-order valence-corrected chi connectivity index (χ1v) is 10.2. The second-order valence-electron chi connectivity index (χ2n) is 6.97. The molecule has 13 heteroatoms. The average Bonchev–Trinajstić information content (AvgIpc) is 3.16. The van der Waals surface area contributed by atoms with Gasteiger partial charge in [-0.1, -0.05) is 13.0 Å². The van der Waals surface area contributed by atoms with Gasteiger partial charge in [0.05, 0.1) is 35.2 Å². The molecule has 3 aromatic rings. The molecule has 178 valence electrons. The standard InChI is InChI=1S/C21H23N7O6/c1-3-16-17(18(19(22)29)26-27(16)12-13-6-4-5-7-23-13)25-20(30)15-10-14(28(31)32)11-24-21(15)34-9-8-33-2/h4-7,10-11H,3,8-9,12H2,1-2H3,(H2,22,29)(H,25,30). The molecule has 3 aromatic heterocycles. The third kappa shape index (κ3) is 5.50. The van der Waals surface area contributed by atoms with Crippen LogP contribution in [0.15, 0.2) is 36.7 Å². The van der Waals surface area contributed by atoms with Gasteiger partial charge >= 0.3 is 0 Å². The predicted molar refractivity (Wildman–Crippen MR) is 120 cm³/mol. The van der Waals surface area contributed by atoms with Gasteiger partial charge in [0.1, 0.15) is 18.4 Å². The van der Waals surface area contributed by atoms with E-state index >= 15 is 0 Å². The maximum atomic E-state index is 13.2. The van der Waals surface area contributed by atoms with Crippen LogP contribution in [0.1, 0.15) is 39.2 Å². The van der Waals surface area contributed by atoms with E-state index in [9.17, 15) is 19.7 Å². The highest BCUT2D eigenvalue weighted by Crippen LogP contribution is 2.26. The summed E-state index contributed by atoms with van der Waals surface area (Å²) in [6, 6.07) is 6.42. The molecule has 3 N–H and O–H groups in total. The largest absolute Gasteiger partial charge is 0.475 e. The van der Waals surface area contributed by atoms with Gasteiger partial charge in [-0.25, -0.2) is 4.98 Å². The fraction of sp³-hybridized carbons (Fsp3) is 0.286. The number of ether oxygens (including phenoxy) is 2. The van der Waals surface area contributed by atoms with Crippen LogP contribution in [0.25, 0.3) is 0 Å². The van der Waals surface area contributed by atoms with Crippen LogP contribution < -0.4 is 15.8 Å². The zero-order valence-corrected chi connectivity index (χ0v) is 18.6. The molecule has 34 heavy (non-hydrogen) atoms. The van der Waals surface area contributed by atoms with Crippen molar-refractivity contribution in [3.63, 3.8) is 0 Å². The van der Waals surface area contributed by atoms with Gasteiger partial charge in [-0.3, -0.25) is 29.4 Å². The fourth-order valence-electron chi connectivity index (χ4n) is 3.16. The SMILES string of the molecule is CCc1c(NC(=O)c2cc([N+](=O)[O-])cnc2OCCOC)c(C(N)=O)nn1Cc1ccccn1. The summed E-state index contributed by atoms with van der Waals surface area (Å²) in [5, 5.41) is 18.1. The van der Waals surface area contributed by atoms with Gasteiger partial charge < -0.3 is 20.5 Å². The van der Waals surface area contributed by atoms with Crippen LogP contribution in [0.5, 0.6) is 5.88 Å². The lowest BCUT2D eigenvalue weighted by atomic mass is 10.2. The highest BCUT2D eigenvalue weighted by Gasteiger charge is 2.26. The van der Waals surface area contributed by atoms with Crippen molar-refractivity contribution in [1.29, 1.82) is 0 Å². The van der Waals surface area contributed by atoms with Crippen LogP contribution >= 0.6 is 0 Å². The number of nitro groups is 1. The summed E-state index contributed by atoms with van der Waals surface area (Å²) >= 11 is 0. The number of primary amides is 1. The van der Waals surface area contributed by atoms with E-state index in [0.717, 1.165) is 12.3 Å². The molecule has 0 atom stereocenters. The second-order valence-corrected chi connectivity index (χ2v) is 6.97. The molecule has 0 unspecified atom stereocenters. The van der Waals surface area contributed by atoms with Gasteiger partial charge in [0.25, 0.3) is 17.5 Å². The Morgan fingerprint density at radius 1 is 1.26 bits per heavy atom. The number of carbonyl (C=O) groups excluding carboxylic acids is 2. The number of carbonyl (C=O) groups is 2. The summed E-state index contributed by atoms with van der Waals surface area (Å²) in [7, 11) is 1.47. The Labute approximate surface area is 194 Å². The van der Waals surface area contributed by atoms with Crippen LogP contribution in [0.2, 0.25) is 0 Å². The number of hydrogen-bond acceptors (Lipinski definition) is 9. The Bertz CT molecular complexity index is 1200. The highest BCUT2D eigenvalue weighted by atomic mass is 16.6. The van der Waals surface area contributed by atoms with Crippen LogP contribution in [0.3, 0.4) is 0 Å². The molecule has 0 fully saturated rings. The molecular weight excluding hydrogens is 446 g/mol. The number of methoxy groups -OCH3 is 1. The first-order chi connectivity index (χ1) is 16.3. The Kier molecular flexibility index (Phi) is 7.82. The van der Waals surface area contributed by atoms with Crippen LogP contribution in [0, 0.1) is 10.1 Å². The zero-order chi connectivity index (χ0) is 24.7. The minimum absolute atomic E-state index is 0.0658. The Balaban J connectivity index is 1.99. The van der Waals surface area contributed by atoms with Crippen molar-refractivity contribution in [2.75, 3.05) is 25.6 Å². The Hall–Kier alpha value is -4.39. The topological polar surface area (TPSA) is 177 Å². The molecule has 0 aliphatic heterocycles. The third-order valence-electron chi connectivity index (χ3n) is 4.72. The van der Waals surface area contributed by atoms with Crippen molar-refractivity contribution >= 4 is 23.2 Å². The average molecular weight is 469 g/mol. The van der Waals surface area contributed by atoms with Crippen molar-refractivity contribution < 1.29 is 24.0 Å². The molecule has 0 bridgehead atoms. The summed E-state index contributed by atoms with van der Waals surface area (Å²) in [6.07, 6.45) is 3.01. The number of amides is 2. The summed E-state index contributed by atoms with van der Waals surface area (Å²) in [6.45, 7) is 2.34. The Morgan fingerprint density at radius 2 is 2.06 bits per heavy atom. The smallest absolute Gasteiger partial charge is 0.288 e. The molecule has 0 aliphatic rings. The quantitative estimate of drug-likeness (QED) is 0.239. The number of aromatic nitrogens is 4. The molecule has 0 aliphatic carbocycles. The fourth-order valence-corrected chi connectivity index (χ4v) is 3.16. The van der Waals surface area contributed by atoms with Gasteiger partial charge in [-0.2, -0.15) is 5.10 Å². The number of nitrogens with two attached hydrogens (primary N) is 1. The monoisotopic (exact) mass is 469 g/mol. The molecular formula is C21H23N7O6. The number of pyridine rings is 2. The molecule has 3 heterocycles. The van der Waals surface area contributed by atoms with E-state index in [1.165, 1.54) is 11.8 Å². The van der Waals surface area contributed by atoms with Gasteiger partial charge in [0.15, 0.2) is 5.69 Å².